The summed E-state index contributed by atoms with van der Waals surface area (Å²) in [5, 5.41) is 6.26. The van der Waals surface area contributed by atoms with Gasteiger partial charge in [0.05, 0.1) is 0 Å². The smallest absolute Gasteiger partial charge is 0.247 e. The van der Waals surface area contributed by atoms with Crippen molar-refractivity contribution >= 4 is 17.3 Å². The molecule has 24 heavy (non-hydrogen) atoms. The maximum absolute atomic E-state index is 12.5. The van der Waals surface area contributed by atoms with Crippen molar-refractivity contribution in [3.05, 3.63) is 78.6 Å². The van der Waals surface area contributed by atoms with Gasteiger partial charge in [0.2, 0.25) is 5.91 Å². The summed E-state index contributed by atoms with van der Waals surface area (Å²) in [7, 11) is 0. The van der Waals surface area contributed by atoms with E-state index in [9.17, 15) is 4.79 Å². The van der Waals surface area contributed by atoms with Gasteiger partial charge in [-0.1, -0.05) is 30.3 Å². The number of hydrogen-bond donors (Lipinski definition) is 2. The summed E-state index contributed by atoms with van der Waals surface area (Å²) in [5.41, 5.74) is 5.24. The first-order valence-electron chi connectivity index (χ1n) is 7.95. The third-order valence-electron chi connectivity index (χ3n) is 4.25. The first kappa shape index (κ1) is 14.5. The molecule has 2 aromatic carbocycles. The molecule has 2 heterocycles. The molecule has 4 nitrogen and oxygen atoms in total. The summed E-state index contributed by atoms with van der Waals surface area (Å²) in [6.07, 6.45) is 4.26. The number of nitrogens with one attached hydrogen (secondary N) is 2. The maximum Gasteiger partial charge on any atom is 0.247 e. The molecule has 0 radical (unpaired) electrons. The minimum absolute atomic E-state index is 0.0112. The van der Waals surface area contributed by atoms with E-state index in [1.165, 1.54) is 5.56 Å². The number of anilines is 2. The van der Waals surface area contributed by atoms with E-state index in [-0.39, 0.29) is 11.9 Å². The van der Waals surface area contributed by atoms with Crippen LogP contribution in [0.3, 0.4) is 0 Å². The first-order valence-corrected chi connectivity index (χ1v) is 7.95. The fraction of sp³-hybridized carbons (Fsp3) is 0.100. The lowest BCUT2D eigenvalue weighted by atomic mass is 10.1. The van der Waals surface area contributed by atoms with Gasteiger partial charge >= 0.3 is 0 Å². The van der Waals surface area contributed by atoms with Gasteiger partial charge in [0, 0.05) is 30.2 Å². The average Bonchev–Trinajstić information content (AvgIpc) is 3.07. The largest absolute Gasteiger partial charge is 0.373 e. The Kier molecular flexibility index (Phi) is 3.71. The Bertz CT molecular complexity index is 835. The van der Waals surface area contributed by atoms with Crippen LogP contribution in [-0.2, 0) is 11.2 Å². The van der Waals surface area contributed by atoms with Crippen LogP contribution < -0.4 is 10.6 Å². The number of aromatic nitrogens is 1. The Balaban J connectivity index is 1.44. The summed E-state index contributed by atoms with van der Waals surface area (Å²) in [6.45, 7) is 0. The second kappa shape index (κ2) is 6.16. The number of carbonyl (C=O) groups is 1. The lowest BCUT2D eigenvalue weighted by molar-refractivity contribution is -0.116. The van der Waals surface area contributed by atoms with E-state index in [1.54, 1.807) is 12.4 Å². The number of hydrogen-bond acceptors (Lipinski definition) is 3. The van der Waals surface area contributed by atoms with Gasteiger partial charge in [-0.15, -0.1) is 0 Å². The normalized spacial score (nSPS) is 15.4. The van der Waals surface area contributed by atoms with Crippen LogP contribution in [0.25, 0.3) is 11.1 Å². The Hall–Kier alpha value is -3.14. The van der Waals surface area contributed by atoms with E-state index in [1.807, 2.05) is 54.6 Å². The van der Waals surface area contributed by atoms with Gasteiger partial charge in [-0.25, -0.2) is 0 Å². The highest BCUT2D eigenvalue weighted by molar-refractivity contribution is 5.98. The zero-order valence-corrected chi connectivity index (χ0v) is 13.1. The lowest BCUT2D eigenvalue weighted by Crippen LogP contribution is -2.32. The number of para-hydroxylation sites is 1. The molecule has 1 unspecified atom stereocenters. The third-order valence-corrected chi connectivity index (χ3v) is 4.25. The molecule has 0 saturated carbocycles. The van der Waals surface area contributed by atoms with E-state index in [0.29, 0.717) is 0 Å². The number of rotatable bonds is 3. The molecule has 0 aliphatic carbocycles. The molecular formula is C20H17N3O. The van der Waals surface area contributed by atoms with Crippen molar-refractivity contribution in [1.29, 1.82) is 0 Å². The zero-order valence-electron chi connectivity index (χ0n) is 13.1. The summed E-state index contributed by atoms with van der Waals surface area (Å²) in [5.74, 6) is -0.0112. The van der Waals surface area contributed by atoms with Crippen LogP contribution in [0.5, 0.6) is 0 Å². The molecule has 3 aromatic rings. The van der Waals surface area contributed by atoms with Gasteiger partial charge in [0.15, 0.2) is 0 Å². The van der Waals surface area contributed by atoms with Crippen molar-refractivity contribution < 1.29 is 4.79 Å². The van der Waals surface area contributed by atoms with Crippen molar-refractivity contribution in [2.45, 2.75) is 12.5 Å². The number of amides is 1. The zero-order chi connectivity index (χ0) is 16.4. The van der Waals surface area contributed by atoms with Gasteiger partial charge < -0.3 is 10.6 Å². The summed E-state index contributed by atoms with van der Waals surface area (Å²) < 4.78 is 0. The Morgan fingerprint density at radius 2 is 1.67 bits per heavy atom. The molecule has 1 amide bonds. The molecule has 2 N–H and O–H groups in total. The van der Waals surface area contributed by atoms with Crippen LogP contribution in [0, 0.1) is 0 Å². The van der Waals surface area contributed by atoms with Crippen molar-refractivity contribution in [3.8, 4) is 11.1 Å². The minimum Gasteiger partial charge on any atom is -0.373 e. The van der Waals surface area contributed by atoms with Gasteiger partial charge in [-0.05, 0) is 47.0 Å². The lowest BCUT2D eigenvalue weighted by Gasteiger charge is -2.12. The third kappa shape index (κ3) is 2.86. The van der Waals surface area contributed by atoms with Crippen molar-refractivity contribution in [2.24, 2.45) is 0 Å². The van der Waals surface area contributed by atoms with Crippen LogP contribution in [0.1, 0.15) is 5.56 Å². The SMILES string of the molecule is O=C(Nc1ccc(-c2ccncc2)cc1)C1Cc2ccccc2N1. The fourth-order valence-electron chi connectivity index (χ4n) is 2.98. The highest BCUT2D eigenvalue weighted by atomic mass is 16.2. The van der Waals surface area contributed by atoms with Crippen LogP contribution in [-0.4, -0.2) is 16.9 Å². The van der Waals surface area contributed by atoms with Gasteiger partial charge in [-0.3, -0.25) is 9.78 Å². The monoisotopic (exact) mass is 315 g/mol. The maximum atomic E-state index is 12.5. The predicted molar refractivity (Wildman–Crippen MR) is 95.9 cm³/mol. The summed E-state index contributed by atoms with van der Waals surface area (Å²) in [6, 6.07) is 19.6. The minimum atomic E-state index is -0.220. The van der Waals surface area contributed by atoms with Crippen LogP contribution in [0.15, 0.2) is 73.1 Å². The molecule has 4 heteroatoms. The van der Waals surface area contributed by atoms with Crippen LogP contribution in [0.4, 0.5) is 11.4 Å². The molecule has 4 rings (SSSR count). The van der Waals surface area contributed by atoms with Crippen LogP contribution >= 0.6 is 0 Å². The van der Waals surface area contributed by atoms with Gasteiger partial charge in [0.25, 0.3) is 0 Å². The standard InChI is InChI=1S/C20H17N3O/c24-20(19-13-16-3-1-2-4-18(16)23-19)22-17-7-5-14(6-8-17)15-9-11-21-12-10-15/h1-12,19,23H,13H2,(H,22,24). The quantitative estimate of drug-likeness (QED) is 0.774. The Labute approximate surface area is 140 Å². The fourth-order valence-corrected chi connectivity index (χ4v) is 2.98. The molecule has 0 bridgehead atoms. The Morgan fingerprint density at radius 3 is 2.42 bits per heavy atom. The van der Waals surface area contributed by atoms with Crippen molar-refractivity contribution in [1.82, 2.24) is 4.98 Å². The van der Waals surface area contributed by atoms with Gasteiger partial charge in [-0.2, -0.15) is 0 Å². The molecule has 1 atom stereocenters. The van der Waals surface area contributed by atoms with Crippen molar-refractivity contribution in [2.75, 3.05) is 10.6 Å². The average molecular weight is 315 g/mol. The van der Waals surface area contributed by atoms with E-state index < -0.39 is 0 Å². The van der Waals surface area contributed by atoms with Gasteiger partial charge in [0.1, 0.15) is 6.04 Å². The van der Waals surface area contributed by atoms with Crippen molar-refractivity contribution in [3.63, 3.8) is 0 Å². The van der Waals surface area contributed by atoms with E-state index >= 15 is 0 Å². The number of benzene rings is 2. The number of fused-ring (bicyclic) bond motifs is 1. The number of nitrogens with zero attached hydrogens (tertiary/aromatic N) is 1. The second-order valence-corrected chi connectivity index (χ2v) is 5.86. The second-order valence-electron chi connectivity index (χ2n) is 5.86. The number of carbonyl (C=O) groups excluding carboxylic acids is 1. The molecule has 0 spiro atoms. The highest BCUT2D eigenvalue weighted by Crippen LogP contribution is 2.26. The molecule has 118 valence electrons. The molecule has 0 saturated heterocycles. The van der Waals surface area contributed by atoms with E-state index in [2.05, 4.69) is 21.7 Å². The molecule has 0 fully saturated rings. The summed E-state index contributed by atoms with van der Waals surface area (Å²) in [4.78, 5) is 16.5. The van der Waals surface area contributed by atoms with E-state index in [4.69, 9.17) is 0 Å². The molecule has 1 aliphatic rings. The first-order chi connectivity index (χ1) is 11.8. The molecular weight excluding hydrogens is 298 g/mol. The highest BCUT2D eigenvalue weighted by Gasteiger charge is 2.26. The Morgan fingerprint density at radius 1 is 0.958 bits per heavy atom. The molecule has 1 aromatic heterocycles. The molecule has 1 aliphatic heterocycles. The summed E-state index contributed by atoms with van der Waals surface area (Å²) >= 11 is 0. The van der Waals surface area contributed by atoms with E-state index in [0.717, 1.165) is 28.9 Å². The predicted octanol–water partition coefficient (Wildman–Crippen LogP) is 3.72. The topological polar surface area (TPSA) is 54.0 Å². The number of pyridine rings is 1. The van der Waals surface area contributed by atoms with Crippen LogP contribution in [0.2, 0.25) is 0 Å².